The molecular formula is C13H19ClN2. The Balaban J connectivity index is 2.02. The summed E-state index contributed by atoms with van der Waals surface area (Å²) in [7, 11) is 0. The molecule has 2 rings (SSSR count). The molecule has 2 nitrogen and oxygen atoms in total. The summed E-state index contributed by atoms with van der Waals surface area (Å²) < 4.78 is 0. The maximum Gasteiger partial charge on any atom is 0.0455 e. The fourth-order valence-electron chi connectivity index (χ4n) is 2.18. The third-order valence-corrected chi connectivity index (χ3v) is 3.53. The minimum Gasteiger partial charge on any atom is -0.381 e. The van der Waals surface area contributed by atoms with Crippen LogP contribution in [0.25, 0.3) is 0 Å². The normalized spacial score (nSPS) is 23.4. The summed E-state index contributed by atoms with van der Waals surface area (Å²) in [6.07, 6.45) is 1.14. The number of rotatable bonds is 2. The summed E-state index contributed by atoms with van der Waals surface area (Å²) in [4.78, 5) is 0. The Kier molecular flexibility index (Phi) is 3.13. The van der Waals surface area contributed by atoms with Crippen molar-refractivity contribution < 1.29 is 0 Å². The third-order valence-electron chi connectivity index (χ3n) is 3.13. The second-order valence-corrected chi connectivity index (χ2v) is 5.68. The molecule has 1 fully saturated rings. The minimum absolute atomic E-state index is 0.242. The van der Waals surface area contributed by atoms with Gasteiger partial charge in [0.2, 0.25) is 0 Å². The van der Waals surface area contributed by atoms with Gasteiger partial charge in [-0.3, -0.25) is 0 Å². The Bertz CT molecular complexity index is 388. The molecule has 1 saturated heterocycles. The fraction of sp³-hybridized carbons (Fsp3) is 0.538. The van der Waals surface area contributed by atoms with Crippen LogP contribution in [0.5, 0.6) is 0 Å². The van der Waals surface area contributed by atoms with Crippen molar-refractivity contribution in [1.82, 2.24) is 5.32 Å². The molecule has 1 aliphatic rings. The van der Waals surface area contributed by atoms with Crippen molar-refractivity contribution >= 4 is 17.3 Å². The highest BCUT2D eigenvalue weighted by atomic mass is 35.5. The van der Waals surface area contributed by atoms with Crippen LogP contribution in [0.1, 0.15) is 25.8 Å². The molecule has 0 spiro atoms. The van der Waals surface area contributed by atoms with E-state index in [-0.39, 0.29) is 5.54 Å². The zero-order valence-electron chi connectivity index (χ0n) is 10.1. The number of benzene rings is 1. The fourth-order valence-corrected chi connectivity index (χ4v) is 2.36. The first-order chi connectivity index (χ1) is 7.46. The van der Waals surface area contributed by atoms with E-state index in [0.717, 1.165) is 29.2 Å². The minimum atomic E-state index is 0.242. The Morgan fingerprint density at radius 3 is 2.75 bits per heavy atom. The van der Waals surface area contributed by atoms with E-state index in [0.29, 0.717) is 6.04 Å². The second kappa shape index (κ2) is 4.27. The van der Waals surface area contributed by atoms with Crippen LogP contribution in [-0.2, 0) is 0 Å². The zero-order chi connectivity index (χ0) is 11.8. The molecule has 0 aliphatic carbocycles. The van der Waals surface area contributed by atoms with Gasteiger partial charge in [0.1, 0.15) is 0 Å². The molecule has 0 radical (unpaired) electrons. The highest BCUT2D eigenvalue weighted by molar-refractivity contribution is 6.31. The smallest absolute Gasteiger partial charge is 0.0455 e. The topological polar surface area (TPSA) is 24.1 Å². The van der Waals surface area contributed by atoms with Gasteiger partial charge in [-0.1, -0.05) is 17.7 Å². The second-order valence-electron chi connectivity index (χ2n) is 5.27. The predicted octanol–water partition coefficient (Wildman–Crippen LogP) is 3.20. The molecule has 0 aromatic heterocycles. The van der Waals surface area contributed by atoms with Crippen LogP contribution in [0.3, 0.4) is 0 Å². The first-order valence-corrected chi connectivity index (χ1v) is 6.12. The van der Waals surface area contributed by atoms with Crippen molar-refractivity contribution in [2.45, 2.75) is 38.8 Å². The molecule has 16 heavy (non-hydrogen) atoms. The van der Waals surface area contributed by atoms with Gasteiger partial charge in [-0.15, -0.1) is 0 Å². The molecule has 1 aromatic rings. The lowest BCUT2D eigenvalue weighted by Crippen LogP contribution is -2.31. The van der Waals surface area contributed by atoms with Gasteiger partial charge < -0.3 is 10.6 Å². The Morgan fingerprint density at radius 2 is 2.19 bits per heavy atom. The maximum absolute atomic E-state index is 6.10. The van der Waals surface area contributed by atoms with Crippen LogP contribution in [0.15, 0.2) is 18.2 Å². The number of hydrogen-bond acceptors (Lipinski definition) is 2. The van der Waals surface area contributed by atoms with Gasteiger partial charge in [-0.2, -0.15) is 0 Å². The van der Waals surface area contributed by atoms with Gasteiger partial charge in [0.15, 0.2) is 0 Å². The van der Waals surface area contributed by atoms with Crippen LogP contribution in [0.2, 0.25) is 5.02 Å². The average Bonchev–Trinajstić information content (AvgIpc) is 2.52. The van der Waals surface area contributed by atoms with Gasteiger partial charge in [0.25, 0.3) is 0 Å². The summed E-state index contributed by atoms with van der Waals surface area (Å²) in [6.45, 7) is 7.50. The molecule has 0 saturated carbocycles. The highest BCUT2D eigenvalue weighted by Gasteiger charge is 2.29. The van der Waals surface area contributed by atoms with Gasteiger partial charge in [-0.25, -0.2) is 0 Å². The maximum atomic E-state index is 6.10. The molecule has 1 aromatic carbocycles. The van der Waals surface area contributed by atoms with E-state index in [2.05, 4.69) is 36.6 Å². The summed E-state index contributed by atoms with van der Waals surface area (Å²) in [5.41, 5.74) is 2.48. The van der Waals surface area contributed by atoms with Crippen molar-refractivity contribution in [2.75, 3.05) is 11.9 Å². The van der Waals surface area contributed by atoms with Crippen LogP contribution < -0.4 is 10.6 Å². The monoisotopic (exact) mass is 238 g/mol. The van der Waals surface area contributed by atoms with E-state index < -0.39 is 0 Å². The van der Waals surface area contributed by atoms with Gasteiger partial charge in [0.05, 0.1) is 0 Å². The molecule has 2 N–H and O–H groups in total. The molecule has 0 bridgehead atoms. The Morgan fingerprint density at radius 1 is 1.44 bits per heavy atom. The van der Waals surface area contributed by atoms with Crippen LogP contribution in [0.4, 0.5) is 5.69 Å². The zero-order valence-corrected chi connectivity index (χ0v) is 10.9. The van der Waals surface area contributed by atoms with Crippen LogP contribution in [-0.4, -0.2) is 18.1 Å². The van der Waals surface area contributed by atoms with E-state index in [4.69, 9.17) is 11.6 Å². The van der Waals surface area contributed by atoms with Crippen LogP contribution in [0, 0.1) is 6.92 Å². The van der Waals surface area contributed by atoms with Gasteiger partial charge >= 0.3 is 0 Å². The van der Waals surface area contributed by atoms with Crippen molar-refractivity contribution in [1.29, 1.82) is 0 Å². The number of aryl methyl sites for hydroxylation is 1. The first kappa shape index (κ1) is 11.7. The summed E-state index contributed by atoms with van der Waals surface area (Å²) in [5.74, 6) is 0. The number of anilines is 1. The summed E-state index contributed by atoms with van der Waals surface area (Å²) in [5, 5.41) is 7.84. The van der Waals surface area contributed by atoms with E-state index in [1.165, 1.54) is 0 Å². The van der Waals surface area contributed by atoms with E-state index >= 15 is 0 Å². The lowest BCUT2D eigenvalue weighted by molar-refractivity contribution is 0.457. The molecular weight excluding hydrogens is 220 g/mol. The lowest BCUT2D eigenvalue weighted by Gasteiger charge is -2.18. The SMILES string of the molecule is Cc1ccc(NC2CNC(C)(C)C2)cc1Cl. The van der Waals surface area contributed by atoms with E-state index in [9.17, 15) is 0 Å². The number of nitrogens with one attached hydrogen (secondary N) is 2. The molecule has 1 unspecified atom stereocenters. The number of hydrogen-bond donors (Lipinski definition) is 2. The first-order valence-electron chi connectivity index (χ1n) is 5.74. The Hall–Kier alpha value is -0.730. The van der Waals surface area contributed by atoms with Crippen molar-refractivity contribution in [3.63, 3.8) is 0 Å². The van der Waals surface area contributed by atoms with Crippen molar-refractivity contribution in [3.8, 4) is 0 Å². The molecule has 1 atom stereocenters. The average molecular weight is 239 g/mol. The predicted molar refractivity (Wildman–Crippen MR) is 70.3 cm³/mol. The molecule has 88 valence electrons. The summed E-state index contributed by atoms with van der Waals surface area (Å²) in [6, 6.07) is 6.64. The number of halogens is 1. The quantitative estimate of drug-likeness (QED) is 0.827. The van der Waals surface area contributed by atoms with Gasteiger partial charge in [0, 0.05) is 28.8 Å². The van der Waals surface area contributed by atoms with Crippen LogP contribution >= 0.6 is 11.6 Å². The van der Waals surface area contributed by atoms with E-state index in [1.54, 1.807) is 0 Å². The molecule has 1 heterocycles. The molecule has 3 heteroatoms. The molecule has 0 amide bonds. The van der Waals surface area contributed by atoms with Crippen molar-refractivity contribution in [2.24, 2.45) is 0 Å². The highest BCUT2D eigenvalue weighted by Crippen LogP contribution is 2.24. The lowest BCUT2D eigenvalue weighted by atomic mass is 10.0. The molecule has 1 aliphatic heterocycles. The third kappa shape index (κ3) is 2.69. The Labute approximate surface area is 102 Å². The largest absolute Gasteiger partial charge is 0.381 e. The standard InChI is InChI=1S/C13H19ClN2/c1-9-4-5-10(6-12(9)14)16-11-7-13(2,3)15-8-11/h4-6,11,15-16H,7-8H2,1-3H3. The van der Waals surface area contributed by atoms with Gasteiger partial charge in [-0.05, 0) is 44.9 Å². The summed E-state index contributed by atoms with van der Waals surface area (Å²) >= 11 is 6.10. The van der Waals surface area contributed by atoms with E-state index in [1.807, 2.05) is 13.0 Å². The van der Waals surface area contributed by atoms with Crippen molar-refractivity contribution in [3.05, 3.63) is 28.8 Å².